The van der Waals surface area contributed by atoms with Crippen LogP contribution in [0.5, 0.6) is 0 Å². The molecule has 0 heterocycles. The molecule has 2 rings (SSSR count). The molecule has 1 aliphatic rings. The van der Waals surface area contributed by atoms with Gasteiger partial charge in [0.1, 0.15) is 0 Å². The third kappa shape index (κ3) is 3.55. The summed E-state index contributed by atoms with van der Waals surface area (Å²) in [5.74, 6) is -0.0588. The summed E-state index contributed by atoms with van der Waals surface area (Å²) in [6, 6.07) is 9.33. The minimum absolute atomic E-state index is 0.0588. The Bertz CT molecular complexity index is 409. The highest BCUT2D eigenvalue weighted by atomic mass is 16.5. The zero-order valence-corrected chi connectivity index (χ0v) is 11.3. The predicted octanol–water partition coefficient (Wildman–Crippen LogP) is 1.80. The van der Waals surface area contributed by atoms with Gasteiger partial charge in [-0.1, -0.05) is 30.3 Å². The maximum atomic E-state index is 11.8. The molecule has 1 aromatic carbocycles. The molecular formula is C15H21NO3. The molecule has 104 valence electrons. The summed E-state index contributed by atoms with van der Waals surface area (Å²) in [7, 11) is 1.66. The van der Waals surface area contributed by atoms with Gasteiger partial charge in [-0.15, -0.1) is 0 Å². The number of hydrogen-bond acceptors (Lipinski definition) is 3. The lowest BCUT2D eigenvalue weighted by Crippen LogP contribution is -2.44. The van der Waals surface area contributed by atoms with Crippen LogP contribution in [-0.2, 0) is 9.53 Å². The number of carbonyl (C=O) groups excluding carboxylic acids is 1. The van der Waals surface area contributed by atoms with Crippen molar-refractivity contribution < 1.29 is 14.6 Å². The SMILES string of the molecule is COC1(CC(=O)NCC(O)c2ccccc2)CCC1. The average Bonchev–Trinajstić information content (AvgIpc) is 2.41. The summed E-state index contributed by atoms with van der Waals surface area (Å²) in [6.45, 7) is 0.239. The van der Waals surface area contributed by atoms with Crippen molar-refractivity contribution in [1.29, 1.82) is 0 Å². The fourth-order valence-electron chi connectivity index (χ4n) is 2.38. The Balaban J connectivity index is 1.77. The van der Waals surface area contributed by atoms with E-state index in [4.69, 9.17) is 4.74 Å². The zero-order valence-electron chi connectivity index (χ0n) is 11.3. The fraction of sp³-hybridized carbons (Fsp3) is 0.533. The number of hydrogen-bond donors (Lipinski definition) is 2. The molecule has 1 saturated carbocycles. The molecule has 0 radical (unpaired) electrons. The van der Waals surface area contributed by atoms with Gasteiger partial charge in [0.2, 0.25) is 5.91 Å². The molecule has 1 atom stereocenters. The first kappa shape index (κ1) is 14.0. The van der Waals surface area contributed by atoms with Crippen LogP contribution >= 0.6 is 0 Å². The van der Waals surface area contributed by atoms with Crippen LogP contribution < -0.4 is 5.32 Å². The van der Waals surface area contributed by atoms with Crippen molar-refractivity contribution in [1.82, 2.24) is 5.32 Å². The molecule has 1 fully saturated rings. The maximum Gasteiger partial charge on any atom is 0.223 e. The van der Waals surface area contributed by atoms with Gasteiger partial charge in [-0.3, -0.25) is 4.79 Å². The molecule has 19 heavy (non-hydrogen) atoms. The van der Waals surface area contributed by atoms with Crippen molar-refractivity contribution in [2.75, 3.05) is 13.7 Å². The monoisotopic (exact) mass is 263 g/mol. The normalized spacial score (nSPS) is 18.4. The van der Waals surface area contributed by atoms with Crippen LogP contribution in [0.25, 0.3) is 0 Å². The highest BCUT2D eigenvalue weighted by molar-refractivity contribution is 5.77. The van der Waals surface area contributed by atoms with Gasteiger partial charge in [-0.25, -0.2) is 0 Å². The molecule has 0 aliphatic heterocycles. The number of amides is 1. The number of aliphatic hydroxyl groups excluding tert-OH is 1. The fourth-order valence-corrected chi connectivity index (χ4v) is 2.38. The van der Waals surface area contributed by atoms with Crippen LogP contribution in [0.4, 0.5) is 0 Å². The Morgan fingerprint density at radius 3 is 2.63 bits per heavy atom. The number of rotatable bonds is 6. The van der Waals surface area contributed by atoms with E-state index in [1.165, 1.54) is 0 Å². The van der Waals surface area contributed by atoms with Gasteiger partial charge < -0.3 is 15.2 Å². The van der Waals surface area contributed by atoms with Crippen molar-refractivity contribution in [2.45, 2.75) is 37.4 Å². The van der Waals surface area contributed by atoms with Gasteiger partial charge in [0.15, 0.2) is 0 Å². The molecule has 4 heteroatoms. The van der Waals surface area contributed by atoms with Gasteiger partial charge in [0.25, 0.3) is 0 Å². The van der Waals surface area contributed by atoms with E-state index in [1.54, 1.807) is 7.11 Å². The smallest absolute Gasteiger partial charge is 0.223 e. The molecule has 1 aromatic rings. The number of methoxy groups -OCH3 is 1. The van der Waals surface area contributed by atoms with E-state index in [1.807, 2.05) is 30.3 Å². The number of aliphatic hydroxyl groups is 1. The summed E-state index contributed by atoms with van der Waals surface area (Å²) in [5.41, 5.74) is 0.551. The number of carbonyl (C=O) groups is 1. The standard InChI is InChI=1S/C15H21NO3/c1-19-15(8-5-9-15)10-14(18)16-11-13(17)12-6-3-2-4-7-12/h2-4,6-7,13,17H,5,8-11H2,1H3,(H,16,18). The van der Waals surface area contributed by atoms with E-state index >= 15 is 0 Å². The second-order valence-corrected chi connectivity index (χ2v) is 5.15. The van der Waals surface area contributed by atoms with Crippen molar-refractivity contribution >= 4 is 5.91 Å². The van der Waals surface area contributed by atoms with Gasteiger partial charge in [0.05, 0.1) is 18.1 Å². The van der Waals surface area contributed by atoms with E-state index in [-0.39, 0.29) is 18.1 Å². The molecular weight excluding hydrogens is 242 g/mol. The van der Waals surface area contributed by atoms with Crippen LogP contribution in [0.3, 0.4) is 0 Å². The van der Waals surface area contributed by atoms with E-state index in [9.17, 15) is 9.90 Å². The minimum atomic E-state index is -0.662. The molecule has 0 bridgehead atoms. The highest BCUT2D eigenvalue weighted by Gasteiger charge is 2.38. The first-order valence-corrected chi connectivity index (χ1v) is 6.70. The summed E-state index contributed by atoms with van der Waals surface area (Å²) < 4.78 is 5.41. The van der Waals surface area contributed by atoms with Crippen LogP contribution in [0.1, 0.15) is 37.4 Å². The second kappa shape index (κ2) is 6.17. The van der Waals surface area contributed by atoms with E-state index < -0.39 is 6.10 Å². The highest BCUT2D eigenvalue weighted by Crippen LogP contribution is 2.37. The lowest BCUT2D eigenvalue weighted by molar-refractivity contribution is -0.134. The quantitative estimate of drug-likeness (QED) is 0.822. The van der Waals surface area contributed by atoms with Crippen LogP contribution in [-0.4, -0.2) is 30.3 Å². The average molecular weight is 263 g/mol. The molecule has 2 N–H and O–H groups in total. The Morgan fingerprint density at radius 1 is 1.42 bits per heavy atom. The van der Waals surface area contributed by atoms with Crippen LogP contribution in [0.15, 0.2) is 30.3 Å². The molecule has 0 saturated heterocycles. The largest absolute Gasteiger partial charge is 0.387 e. The lowest BCUT2D eigenvalue weighted by atomic mass is 9.77. The Kier molecular flexibility index (Phi) is 4.56. The Labute approximate surface area is 113 Å². The van der Waals surface area contributed by atoms with Crippen molar-refractivity contribution in [2.24, 2.45) is 0 Å². The van der Waals surface area contributed by atoms with Gasteiger partial charge in [-0.05, 0) is 24.8 Å². The summed E-state index contributed by atoms with van der Waals surface area (Å²) in [6.07, 6.45) is 2.72. The topological polar surface area (TPSA) is 58.6 Å². The second-order valence-electron chi connectivity index (χ2n) is 5.15. The van der Waals surface area contributed by atoms with E-state index in [0.29, 0.717) is 6.42 Å². The first-order chi connectivity index (χ1) is 9.15. The first-order valence-electron chi connectivity index (χ1n) is 6.70. The number of ether oxygens (including phenoxy) is 1. The molecule has 1 unspecified atom stereocenters. The van der Waals surface area contributed by atoms with Gasteiger partial charge in [-0.2, -0.15) is 0 Å². The van der Waals surface area contributed by atoms with Crippen molar-refractivity contribution in [3.05, 3.63) is 35.9 Å². The summed E-state index contributed by atoms with van der Waals surface area (Å²) >= 11 is 0. The van der Waals surface area contributed by atoms with Crippen molar-refractivity contribution in [3.8, 4) is 0 Å². The van der Waals surface area contributed by atoms with E-state index in [0.717, 1.165) is 24.8 Å². The van der Waals surface area contributed by atoms with Gasteiger partial charge >= 0.3 is 0 Å². The molecule has 0 aromatic heterocycles. The molecule has 0 spiro atoms. The predicted molar refractivity (Wildman–Crippen MR) is 72.6 cm³/mol. The minimum Gasteiger partial charge on any atom is -0.387 e. The molecule has 4 nitrogen and oxygen atoms in total. The lowest BCUT2D eigenvalue weighted by Gasteiger charge is -2.39. The number of benzene rings is 1. The van der Waals surface area contributed by atoms with Gasteiger partial charge in [0, 0.05) is 13.7 Å². The maximum absolute atomic E-state index is 11.8. The van der Waals surface area contributed by atoms with Crippen LogP contribution in [0.2, 0.25) is 0 Å². The molecule has 1 amide bonds. The third-order valence-corrected chi connectivity index (χ3v) is 3.86. The zero-order chi connectivity index (χ0) is 13.7. The Hall–Kier alpha value is -1.39. The molecule has 1 aliphatic carbocycles. The number of nitrogens with one attached hydrogen (secondary N) is 1. The summed E-state index contributed by atoms with van der Waals surface area (Å²) in [5, 5.41) is 12.7. The van der Waals surface area contributed by atoms with Crippen LogP contribution in [0, 0.1) is 0 Å². The van der Waals surface area contributed by atoms with Crippen molar-refractivity contribution in [3.63, 3.8) is 0 Å². The third-order valence-electron chi connectivity index (χ3n) is 3.86. The van der Waals surface area contributed by atoms with E-state index in [2.05, 4.69) is 5.32 Å². The summed E-state index contributed by atoms with van der Waals surface area (Å²) in [4.78, 5) is 11.8. The Morgan fingerprint density at radius 2 is 2.11 bits per heavy atom.